The normalized spacial score (nSPS) is 9.75. The predicted molar refractivity (Wildman–Crippen MR) is 92.6 cm³/mol. The smallest absolute Gasteiger partial charge is 0.261 e. The number of thiazole rings is 1. The van der Waals surface area contributed by atoms with Crippen LogP contribution in [0.2, 0.25) is 0 Å². The Morgan fingerprint density at radius 2 is 2.00 bits per heavy atom. The third kappa shape index (κ3) is 4.46. The van der Waals surface area contributed by atoms with Gasteiger partial charge in [-0.1, -0.05) is 11.3 Å². The Morgan fingerprint density at radius 1 is 1.30 bits per heavy atom. The van der Waals surface area contributed by atoms with Crippen molar-refractivity contribution in [1.29, 1.82) is 0 Å². The van der Waals surface area contributed by atoms with E-state index in [2.05, 4.69) is 15.6 Å². The second-order valence-electron chi connectivity index (χ2n) is 4.03. The molecule has 0 fully saturated rings. The van der Waals surface area contributed by atoms with Crippen molar-refractivity contribution in [3.05, 3.63) is 10.9 Å². The maximum atomic E-state index is 11.8. The molecule has 0 unspecified atom stereocenters. The maximum absolute atomic E-state index is 11.8. The van der Waals surface area contributed by atoms with E-state index in [1.54, 1.807) is 11.3 Å². The Hall–Kier alpha value is -0.600. The molecular formula is C11H18Cl2N4OS2. The lowest BCUT2D eigenvalue weighted by atomic mass is 10.4. The van der Waals surface area contributed by atoms with Gasteiger partial charge in [-0.05, 0) is 13.1 Å². The van der Waals surface area contributed by atoms with Gasteiger partial charge in [-0.15, -0.1) is 36.2 Å². The molecule has 2 heterocycles. The summed E-state index contributed by atoms with van der Waals surface area (Å²) in [7, 11) is 5.79. The van der Waals surface area contributed by atoms with Crippen molar-refractivity contribution in [2.75, 3.05) is 39.1 Å². The van der Waals surface area contributed by atoms with E-state index in [0.29, 0.717) is 6.54 Å². The Labute approximate surface area is 138 Å². The molecule has 9 heteroatoms. The number of thiophene rings is 1. The second kappa shape index (κ2) is 8.63. The largest absolute Gasteiger partial charge is 0.354 e. The summed E-state index contributed by atoms with van der Waals surface area (Å²) < 4.78 is 1.07. The fraction of sp³-hybridized carbons (Fsp3) is 0.455. The van der Waals surface area contributed by atoms with E-state index in [1.807, 2.05) is 32.1 Å². The first-order chi connectivity index (χ1) is 8.61. The van der Waals surface area contributed by atoms with Gasteiger partial charge in [0.25, 0.3) is 5.91 Å². The molecule has 0 saturated carbocycles. The van der Waals surface area contributed by atoms with Crippen molar-refractivity contribution in [1.82, 2.24) is 15.6 Å². The molecular weight excluding hydrogens is 339 g/mol. The predicted octanol–water partition coefficient (Wildman–Crippen LogP) is 2.22. The number of likely N-dealkylation sites (N-methyl/N-ethyl adjacent to an activating group) is 1. The van der Waals surface area contributed by atoms with Crippen LogP contribution in [0.1, 0.15) is 9.67 Å². The van der Waals surface area contributed by atoms with Crippen LogP contribution in [0.25, 0.3) is 9.53 Å². The van der Waals surface area contributed by atoms with Crippen LogP contribution in [-0.2, 0) is 0 Å². The highest BCUT2D eigenvalue weighted by atomic mass is 35.5. The van der Waals surface area contributed by atoms with Crippen LogP contribution in [0, 0.1) is 0 Å². The SMILES string of the molecule is CNCCNC(=O)c1cc2sc(N(C)C)nc2s1.Cl.Cl. The summed E-state index contributed by atoms with van der Waals surface area (Å²) in [6.07, 6.45) is 0. The lowest BCUT2D eigenvalue weighted by molar-refractivity contribution is 0.0958. The molecule has 0 saturated heterocycles. The third-order valence-electron chi connectivity index (χ3n) is 2.34. The van der Waals surface area contributed by atoms with Crippen molar-refractivity contribution < 1.29 is 4.79 Å². The first kappa shape index (κ1) is 19.4. The number of carbonyl (C=O) groups is 1. The van der Waals surface area contributed by atoms with Crippen molar-refractivity contribution in [3.8, 4) is 0 Å². The standard InChI is InChI=1S/C11H16N4OS2.2ClH/c1-12-4-5-13-9(16)7-6-8-10(17-7)14-11(18-8)15(2)3;;/h6,12H,4-5H2,1-3H3,(H,13,16);2*1H. The minimum Gasteiger partial charge on any atom is -0.354 e. The molecule has 0 atom stereocenters. The van der Waals surface area contributed by atoms with Gasteiger partial charge in [0.1, 0.15) is 4.83 Å². The van der Waals surface area contributed by atoms with Gasteiger partial charge in [0, 0.05) is 27.2 Å². The Bertz CT molecular complexity index is 524. The number of anilines is 1. The zero-order valence-electron chi connectivity index (χ0n) is 11.4. The molecule has 0 aliphatic rings. The summed E-state index contributed by atoms with van der Waals surface area (Å²) in [4.78, 5) is 20.0. The number of hydrogen-bond acceptors (Lipinski definition) is 6. The van der Waals surface area contributed by atoms with Gasteiger partial charge in [0.15, 0.2) is 5.13 Å². The van der Waals surface area contributed by atoms with Crippen molar-refractivity contribution in [3.63, 3.8) is 0 Å². The molecule has 114 valence electrons. The Kier molecular flexibility index (Phi) is 8.38. The van der Waals surface area contributed by atoms with Crippen molar-refractivity contribution in [2.24, 2.45) is 0 Å². The summed E-state index contributed by atoms with van der Waals surface area (Å²) in [5.74, 6) is -0.0214. The van der Waals surface area contributed by atoms with E-state index >= 15 is 0 Å². The van der Waals surface area contributed by atoms with Gasteiger partial charge >= 0.3 is 0 Å². The van der Waals surface area contributed by atoms with E-state index in [-0.39, 0.29) is 30.7 Å². The molecule has 20 heavy (non-hydrogen) atoms. The monoisotopic (exact) mass is 356 g/mol. The molecule has 2 aromatic rings. The lowest BCUT2D eigenvalue weighted by Gasteiger charge is -2.05. The molecule has 0 aliphatic heterocycles. The lowest BCUT2D eigenvalue weighted by Crippen LogP contribution is -2.29. The van der Waals surface area contributed by atoms with E-state index in [1.165, 1.54) is 11.3 Å². The summed E-state index contributed by atoms with van der Waals surface area (Å²) >= 11 is 3.05. The quantitative estimate of drug-likeness (QED) is 0.806. The van der Waals surface area contributed by atoms with Crippen molar-refractivity contribution in [2.45, 2.75) is 0 Å². The highest BCUT2D eigenvalue weighted by Gasteiger charge is 2.14. The van der Waals surface area contributed by atoms with Gasteiger partial charge in [0.2, 0.25) is 0 Å². The average molecular weight is 357 g/mol. The number of carbonyl (C=O) groups excluding carboxylic acids is 1. The zero-order valence-corrected chi connectivity index (χ0v) is 14.7. The maximum Gasteiger partial charge on any atom is 0.261 e. The summed E-state index contributed by atoms with van der Waals surface area (Å²) in [5.41, 5.74) is 0. The van der Waals surface area contributed by atoms with Gasteiger partial charge in [0.05, 0.1) is 9.58 Å². The Balaban J connectivity index is 0.00000180. The number of halogens is 2. The van der Waals surface area contributed by atoms with Gasteiger partial charge in [-0.3, -0.25) is 4.79 Å². The van der Waals surface area contributed by atoms with Gasteiger partial charge in [-0.25, -0.2) is 4.98 Å². The van der Waals surface area contributed by atoms with E-state index in [4.69, 9.17) is 0 Å². The van der Waals surface area contributed by atoms with Gasteiger partial charge < -0.3 is 15.5 Å². The Morgan fingerprint density at radius 3 is 2.55 bits per heavy atom. The molecule has 0 aromatic carbocycles. The third-order valence-corrected chi connectivity index (χ3v) is 4.67. The summed E-state index contributed by atoms with van der Waals surface area (Å²) in [6, 6.07) is 1.92. The zero-order chi connectivity index (χ0) is 13.1. The first-order valence-corrected chi connectivity index (χ1v) is 7.25. The molecule has 0 bridgehead atoms. The highest BCUT2D eigenvalue weighted by Crippen LogP contribution is 2.33. The topological polar surface area (TPSA) is 57.3 Å². The van der Waals surface area contributed by atoms with E-state index in [0.717, 1.165) is 26.1 Å². The van der Waals surface area contributed by atoms with Crippen LogP contribution in [-0.4, -0.2) is 45.1 Å². The van der Waals surface area contributed by atoms with Crippen LogP contribution in [0.5, 0.6) is 0 Å². The van der Waals surface area contributed by atoms with Crippen LogP contribution < -0.4 is 15.5 Å². The average Bonchev–Trinajstić information content (AvgIpc) is 2.86. The van der Waals surface area contributed by atoms with Crippen LogP contribution in [0.15, 0.2) is 6.07 Å². The fourth-order valence-corrected chi connectivity index (χ4v) is 3.47. The molecule has 2 N–H and O–H groups in total. The van der Waals surface area contributed by atoms with Crippen LogP contribution in [0.3, 0.4) is 0 Å². The van der Waals surface area contributed by atoms with Crippen molar-refractivity contribution >= 4 is 68.1 Å². The van der Waals surface area contributed by atoms with Crippen LogP contribution in [0.4, 0.5) is 5.13 Å². The molecule has 0 radical (unpaired) electrons. The number of aromatic nitrogens is 1. The molecule has 5 nitrogen and oxygen atoms in total. The van der Waals surface area contributed by atoms with E-state index in [9.17, 15) is 4.79 Å². The number of rotatable bonds is 5. The van der Waals surface area contributed by atoms with Crippen LogP contribution >= 0.6 is 47.5 Å². The fourth-order valence-electron chi connectivity index (χ4n) is 1.42. The number of fused-ring (bicyclic) bond motifs is 1. The number of hydrogen-bond donors (Lipinski definition) is 2. The number of amides is 1. The summed E-state index contributed by atoms with van der Waals surface area (Å²) in [6.45, 7) is 1.41. The molecule has 2 rings (SSSR count). The molecule has 1 amide bonds. The summed E-state index contributed by atoms with van der Waals surface area (Å²) in [5, 5.41) is 6.82. The minimum absolute atomic E-state index is 0. The minimum atomic E-state index is -0.0214. The van der Waals surface area contributed by atoms with Gasteiger partial charge in [-0.2, -0.15) is 0 Å². The molecule has 0 spiro atoms. The van der Waals surface area contributed by atoms with E-state index < -0.39 is 0 Å². The molecule has 0 aliphatic carbocycles. The molecule has 2 aromatic heterocycles. The number of nitrogens with one attached hydrogen (secondary N) is 2. The second-order valence-corrected chi connectivity index (χ2v) is 6.07. The first-order valence-electron chi connectivity index (χ1n) is 5.62. The number of nitrogens with zero attached hydrogens (tertiary/aromatic N) is 2. The highest BCUT2D eigenvalue weighted by molar-refractivity contribution is 7.29.